The molecule has 6 heteroatoms. The van der Waals surface area contributed by atoms with Crippen molar-refractivity contribution in [2.45, 2.75) is 6.92 Å². The number of benzene rings is 2. The van der Waals surface area contributed by atoms with Crippen molar-refractivity contribution in [2.75, 3.05) is 0 Å². The first-order valence-electron chi connectivity index (χ1n) is 8.11. The molecule has 0 aliphatic carbocycles. The number of Topliss-reactive ketones (excluding diaryl/α,β-unsaturated/α-hetero) is 1. The first-order chi connectivity index (χ1) is 13.0. The second-order valence-electron chi connectivity index (χ2n) is 5.97. The van der Waals surface area contributed by atoms with Gasteiger partial charge in [-0.1, -0.05) is 23.7 Å². The lowest BCUT2D eigenvalue weighted by Crippen LogP contribution is -2.08. The average molecular weight is 397 g/mol. The van der Waals surface area contributed by atoms with Crippen LogP contribution in [0, 0.1) is 6.92 Å². The normalized spacial score (nSPS) is 14.1. The fourth-order valence-corrected chi connectivity index (χ4v) is 3.66. The van der Waals surface area contributed by atoms with Crippen LogP contribution >= 0.6 is 22.9 Å². The van der Waals surface area contributed by atoms with Gasteiger partial charge in [0.2, 0.25) is 5.78 Å². The van der Waals surface area contributed by atoms with Crippen LogP contribution in [-0.2, 0) is 0 Å². The Morgan fingerprint density at radius 2 is 2.04 bits per heavy atom. The summed E-state index contributed by atoms with van der Waals surface area (Å²) in [4.78, 5) is 25.9. The Hall–Kier alpha value is -2.89. The highest BCUT2D eigenvalue weighted by Crippen LogP contribution is 2.38. The molecule has 1 aliphatic rings. The molecule has 0 fully saturated rings. The Kier molecular flexibility index (Phi) is 4.56. The van der Waals surface area contributed by atoms with Gasteiger partial charge in [0.15, 0.2) is 5.76 Å². The quantitative estimate of drug-likeness (QED) is 0.331. The highest BCUT2D eigenvalue weighted by molar-refractivity contribution is 7.10. The summed E-state index contributed by atoms with van der Waals surface area (Å²) < 4.78 is 11.2. The summed E-state index contributed by atoms with van der Waals surface area (Å²) >= 11 is 7.43. The third-order valence-electron chi connectivity index (χ3n) is 4.03. The molecular weight excluding hydrogens is 384 g/mol. The van der Waals surface area contributed by atoms with E-state index in [1.54, 1.807) is 43.3 Å². The van der Waals surface area contributed by atoms with Crippen LogP contribution in [0.25, 0.3) is 6.08 Å². The maximum atomic E-state index is 12.6. The van der Waals surface area contributed by atoms with E-state index in [9.17, 15) is 9.59 Å². The van der Waals surface area contributed by atoms with Gasteiger partial charge in [0.1, 0.15) is 11.5 Å². The van der Waals surface area contributed by atoms with Crippen molar-refractivity contribution in [2.24, 2.45) is 0 Å². The van der Waals surface area contributed by atoms with Gasteiger partial charge in [0.05, 0.1) is 11.1 Å². The Balaban J connectivity index is 1.62. The lowest BCUT2D eigenvalue weighted by molar-refractivity contribution is 0.0734. The number of ketones is 1. The molecule has 1 aromatic heterocycles. The van der Waals surface area contributed by atoms with Crippen molar-refractivity contribution >= 4 is 40.8 Å². The minimum atomic E-state index is -0.532. The maximum Gasteiger partial charge on any atom is 0.343 e. The smallest absolute Gasteiger partial charge is 0.343 e. The Labute approximate surface area is 164 Å². The molecule has 2 heterocycles. The molecule has 0 N–H and O–H groups in total. The zero-order chi connectivity index (χ0) is 19.0. The fourth-order valence-electron chi connectivity index (χ4n) is 2.82. The van der Waals surface area contributed by atoms with E-state index in [4.69, 9.17) is 21.1 Å². The average Bonchev–Trinajstić information content (AvgIpc) is 3.24. The van der Waals surface area contributed by atoms with E-state index in [-0.39, 0.29) is 11.5 Å². The maximum absolute atomic E-state index is 12.6. The van der Waals surface area contributed by atoms with Crippen LogP contribution in [0.5, 0.6) is 11.5 Å². The van der Waals surface area contributed by atoms with Crippen molar-refractivity contribution in [1.29, 1.82) is 0 Å². The molecule has 0 saturated carbocycles. The predicted molar refractivity (Wildman–Crippen MR) is 105 cm³/mol. The van der Waals surface area contributed by atoms with Gasteiger partial charge in [-0.25, -0.2) is 4.79 Å². The molecule has 4 rings (SSSR count). The number of hydrogen-bond acceptors (Lipinski definition) is 5. The lowest BCUT2D eigenvalue weighted by Gasteiger charge is -2.08. The second-order valence-corrected chi connectivity index (χ2v) is 7.38. The molecule has 4 nitrogen and oxygen atoms in total. The molecule has 0 spiro atoms. The van der Waals surface area contributed by atoms with Gasteiger partial charge < -0.3 is 9.47 Å². The van der Waals surface area contributed by atoms with Gasteiger partial charge >= 0.3 is 5.97 Å². The summed E-state index contributed by atoms with van der Waals surface area (Å²) in [6.45, 7) is 1.78. The molecule has 0 radical (unpaired) electrons. The summed E-state index contributed by atoms with van der Waals surface area (Å²) in [6.07, 6.45) is 1.71. The van der Waals surface area contributed by atoms with Gasteiger partial charge in [-0.2, -0.15) is 0 Å². The number of ether oxygens (including phenoxy) is 2. The molecule has 27 heavy (non-hydrogen) atoms. The van der Waals surface area contributed by atoms with Crippen LogP contribution in [0.3, 0.4) is 0 Å². The number of aryl methyl sites for hydroxylation is 1. The minimum absolute atomic E-state index is 0.177. The van der Waals surface area contributed by atoms with Crippen molar-refractivity contribution in [1.82, 2.24) is 0 Å². The van der Waals surface area contributed by atoms with E-state index in [1.165, 1.54) is 17.4 Å². The molecule has 0 saturated heterocycles. The van der Waals surface area contributed by atoms with Gasteiger partial charge in [0.25, 0.3) is 0 Å². The first kappa shape index (κ1) is 17.5. The number of hydrogen-bond donors (Lipinski definition) is 0. The number of rotatable bonds is 3. The Morgan fingerprint density at radius 3 is 2.78 bits per heavy atom. The first-order valence-corrected chi connectivity index (χ1v) is 9.37. The van der Waals surface area contributed by atoms with Crippen LogP contribution in [-0.4, -0.2) is 11.8 Å². The van der Waals surface area contributed by atoms with E-state index in [0.717, 1.165) is 4.88 Å². The number of thiophene rings is 1. The molecule has 0 atom stereocenters. The van der Waals surface area contributed by atoms with E-state index < -0.39 is 5.97 Å². The number of carbonyl (C=O) groups is 2. The monoisotopic (exact) mass is 396 g/mol. The third kappa shape index (κ3) is 3.52. The molecule has 0 amide bonds. The fraction of sp³-hybridized carbons (Fsp3) is 0.0476. The topological polar surface area (TPSA) is 52.6 Å². The zero-order valence-corrected chi connectivity index (χ0v) is 15.8. The molecule has 1 aliphatic heterocycles. The summed E-state index contributed by atoms with van der Waals surface area (Å²) in [5.74, 6) is 0.242. The Bertz CT molecular complexity index is 1080. The van der Waals surface area contributed by atoms with Crippen LogP contribution in [0.2, 0.25) is 5.02 Å². The largest absolute Gasteiger partial charge is 0.452 e. The van der Waals surface area contributed by atoms with E-state index >= 15 is 0 Å². The van der Waals surface area contributed by atoms with Crippen LogP contribution < -0.4 is 9.47 Å². The zero-order valence-electron chi connectivity index (χ0n) is 14.2. The number of esters is 1. The van der Waals surface area contributed by atoms with E-state index in [0.29, 0.717) is 33.2 Å². The lowest BCUT2D eigenvalue weighted by atomic mass is 10.0. The molecular formula is C21H13ClO4S. The van der Waals surface area contributed by atoms with Crippen LogP contribution in [0.1, 0.15) is 31.2 Å². The van der Waals surface area contributed by atoms with Crippen molar-refractivity contribution < 1.29 is 19.1 Å². The van der Waals surface area contributed by atoms with Gasteiger partial charge in [-0.3, -0.25) is 4.79 Å². The number of carbonyl (C=O) groups excluding carboxylic acids is 2. The van der Waals surface area contributed by atoms with Crippen LogP contribution in [0.4, 0.5) is 0 Å². The van der Waals surface area contributed by atoms with Crippen LogP contribution in [0.15, 0.2) is 59.7 Å². The minimum Gasteiger partial charge on any atom is -0.452 e. The molecule has 2 aromatic carbocycles. The summed E-state index contributed by atoms with van der Waals surface area (Å²) in [6, 6.07) is 13.5. The Morgan fingerprint density at radius 1 is 1.19 bits per heavy atom. The summed E-state index contributed by atoms with van der Waals surface area (Å²) in [5, 5.41) is 2.38. The third-order valence-corrected chi connectivity index (χ3v) is 5.09. The molecule has 134 valence electrons. The SMILES string of the molecule is Cc1cc(OC(=O)c2cccc(Cl)c2)cc2c1C(=O)/C(=C/c1cccs1)O2. The van der Waals surface area contributed by atoms with E-state index in [1.807, 2.05) is 17.5 Å². The second kappa shape index (κ2) is 7.02. The summed E-state index contributed by atoms with van der Waals surface area (Å²) in [7, 11) is 0. The number of allylic oxidation sites excluding steroid dienone is 1. The highest BCUT2D eigenvalue weighted by Gasteiger charge is 2.30. The van der Waals surface area contributed by atoms with Gasteiger partial charge in [-0.05, 0) is 48.2 Å². The molecule has 0 unspecified atom stereocenters. The van der Waals surface area contributed by atoms with Gasteiger partial charge in [-0.15, -0.1) is 11.3 Å². The standard InChI is InChI=1S/C21H13ClO4S/c1-12-8-15(25-21(24)13-4-2-5-14(22)9-13)10-17-19(12)20(23)18(26-17)11-16-6-3-7-27-16/h2-11H,1H3/b18-11-. The van der Waals surface area contributed by atoms with Gasteiger partial charge in [0, 0.05) is 22.0 Å². The number of halogens is 1. The van der Waals surface area contributed by atoms with E-state index in [2.05, 4.69) is 0 Å². The van der Waals surface area contributed by atoms with Crippen molar-refractivity contribution in [3.63, 3.8) is 0 Å². The predicted octanol–water partition coefficient (Wildman–Crippen LogP) is 5.55. The molecule has 3 aromatic rings. The highest BCUT2D eigenvalue weighted by atomic mass is 35.5. The summed E-state index contributed by atoms with van der Waals surface area (Å²) in [5.41, 5.74) is 1.51. The molecule has 0 bridgehead atoms. The van der Waals surface area contributed by atoms with Crippen molar-refractivity contribution in [3.8, 4) is 11.5 Å². The number of fused-ring (bicyclic) bond motifs is 1. The van der Waals surface area contributed by atoms with Crippen molar-refractivity contribution in [3.05, 3.63) is 86.3 Å².